The minimum Gasteiger partial charge on any atom is -0.484 e. The van der Waals surface area contributed by atoms with Crippen LogP contribution < -0.4 is 10.1 Å². The first-order valence-electron chi connectivity index (χ1n) is 8.96. The first-order chi connectivity index (χ1) is 14.1. The molecule has 0 saturated carbocycles. The van der Waals surface area contributed by atoms with Crippen LogP contribution in [0, 0.1) is 5.82 Å². The molecule has 0 aliphatic heterocycles. The monoisotopic (exact) mass is 453 g/mol. The van der Waals surface area contributed by atoms with Gasteiger partial charge in [0, 0.05) is 11.8 Å². The number of carbonyl (C=O) groups excluding carboxylic acids is 1. The largest absolute Gasteiger partial charge is 0.484 e. The van der Waals surface area contributed by atoms with E-state index in [1.54, 1.807) is 29.1 Å². The highest BCUT2D eigenvalue weighted by Gasteiger charge is 2.12. The third-order valence-corrected chi connectivity index (χ3v) is 4.94. The number of carbonyl (C=O) groups is 1. The van der Waals surface area contributed by atoms with Gasteiger partial charge in [0.15, 0.2) is 12.4 Å². The van der Waals surface area contributed by atoms with E-state index in [1.165, 1.54) is 6.07 Å². The van der Waals surface area contributed by atoms with E-state index in [-0.39, 0.29) is 24.9 Å². The Labute approximate surface area is 175 Å². The molecule has 146 valence electrons. The summed E-state index contributed by atoms with van der Waals surface area (Å²) in [6.07, 6.45) is 1.69. The second-order valence-electron chi connectivity index (χ2n) is 6.46. The molecular formula is C22H17BrFN3O2. The second-order valence-corrected chi connectivity index (χ2v) is 7.31. The van der Waals surface area contributed by atoms with Crippen LogP contribution in [0.1, 0.15) is 5.56 Å². The third kappa shape index (κ3) is 4.63. The lowest BCUT2D eigenvalue weighted by Gasteiger charge is -2.07. The van der Waals surface area contributed by atoms with E-state index in [9.17, 15) is 9.18 Å². The van der Waals surface area contributed by atoms with E-state index >= 15 is 0 Å². The minimum absolute atomic E-state index is 0.148. The Morgan fingerprint density at radius 3 is 2.66 bits per heavy atom. The van der Waals surface area contributed by atoms with Gasteiger partial charge in [0.25, 0.3) is 5.91 Å². The maximum absolute atomic E-state index is 13.8. The second kappa shape index (κ2) is 8.45. The molecule has 1 heterocycles. The van der Waals surface area contributed by atoms with Crippen molar-refractivity contribution in [3.05, 3.63) is 88.8 Å². The molecule has 0 saturated heterocycles. The molecule has 0 unspecified atom stereocenters. The van der Waals surface area contributed by atoms with Crippen molar-refractivity contribution in [3.63, 3.8) is 0 Å². The zero-order valence-corrected chi connectivity index (χ0v) is 16.9. The van der Waals surface area contributed by atoms with Crippen LogP contribution in [0.15, 0.2) is 77.4 Å². The van der Waals surface area contributed by atoms with Crippen molar-refractivity contribution in [1.29, 1.82) is 0 Å². The number of halogens is 2. The highest BCUT2D eigenvalue weighted by molar-refractivity contribution is 9.10. The molecule has 1 N–H and O–H groups in total. The van der Waals surface area contributed by atoms with Crippen molar-refractivity contribution in [2.24, 2.45) is 0 Å². The van der Waals surface area contributed by atoms with E-state index in [1.807, 2.05) is 42.5 Å². The van der Waals surface area contributed by atoms with Gasteiger partial charge in [0.1, 0.15) is 11.6 Å². The zero-order valence-electron chi connectivity index (χ0n) is 15.3. The Kier molecular flexibility index (Phi) is 5.57. The maximum Gasteiger partial charge on any atom is 0.263 e. The smallest absolute Gasteiger partial charge is 0.263 e. The molecule has 0 fully saturated rings. The average molecular weight is 454 g/mol. The highest BCUT2D eigenvalue weighted by Crippen LogP contribution is 2.22. The van der Waals surface area contributed by atoms with Crippen LogP contribution in [0.5, 0.6) is 5.75 Å². The molecule has 4 rings (SSSR count). The number of ether oxygens (including phenoxy) is 1. The fourth-order valence-electron chi connectivity index (χ4n) is 2.94. The summed E-state index contributed by atoms with van der Waals surface area (Å²) < 4.78 is 21.6. The highest BCUT2D eigenvalue weighted by atomic mass is 79.9. The number of anilines is 1. The summed E-state index contributed by atoms with van der Waals surface area (Å²) >= 11 is 3.37. The van der Waals surface area contributed by atoms with Crippen LogP contribution in [-0.2, 0) is 11.3 Å². The summed E-state index contributed by atoms with van der Waals surface area (Å²) in [6.45, 7) is 0.111. The Morgan fingerprint density at radius 2 is 1.83 bits per heavy atom. The topological polar surface area (TPSA) is 56.1 Å². The number of rotatable bonds is 6. The first kappa shape index (κ1) is 19.1. The van der Waals surface area contributed by atoms with Crippen LogP contribution in [0.3, 0.4) is 0 Å². The van der Waals surface area contributed by atoms with Gasteiger partial charge in [0.05, 0.1) is 11.0 Å². The number of aromatic nitrogens is 2. The number of fused-ring (bicyclic) bond motifs is 1. The maximum atomic E-state index is 13.8. The van der Waals surface area contributed by atoms with E-state index in [0.29, 0.717) is 21.6 Å². The fraction of sp³-hybridized carbons (Fsp3) is 0.0909. The molecule has 0 spiro atoms. The van der Waals surface area contributed by atoms with Gasteiger partial charge in [-0.15, -0.1) is 0 Å². The molecule has 3 aromatic carbocycles. The SMILES string of the molecule is O=C(COc1ccc2ccccc2c1)Nc1nn(Cc2ccccc2F)cc1Br. The summed E-state index contributed by atoms with van der Waals surface area (Å²) in [5.74, 6) is 0.333. The molecule has 0 bridgehead atoms. The first-order valence-corrected chi connectivity index (χ1v) is 9.75. The van der Waals surface area contributed by atoms with E-state index in [2.05, 4.69) is 26.3 Å². The molecule has 1 amide bonds. The summed E-state index contributed by atoms with van der Waals surface area (Å²) in [5.41, 5.74) is 0.514. The van der Waals surface area contributed by atoms with Crippen molar-refractivity contribution < 1.29 is 13.9 Å². The van der Waals surface area contributed by atoms with Crippen molar-refractivity contribution in [2.45, 2.75) is 6.54 Å². The number of amides is 1. The van der Waals surface area contributed by atoms with Crippen molar-refractivity contribution in [2.75, 3.05) is 11.9 Å². The Hall–Kier alpha value is -3.19. The number of benzene rings is 3. The fourth-order valence-corrected chi connectivity index (χ4v) is 3.35. The third-order valence-electron chi connectivity index (χ3n) is 4.36. The van der Waals surface area contributed by atoms with Crippen LogP contribution in [0.2, 0.25) is 0 Å². The predicted molar refractivity (Wildman–Crippen MR) is 114 cm³/mol. The number of nitrogens with one attached hydrogen (secondary N) is 1. The normalized spacial score (nSPS) is 10.8. The Bertz CT molecular complexity index is 1180. The molecule has 0 aliphatic rings. The van der Waals surface area contributed by atoms with Gasteiger partial charge in [-0.1, -0.05) is 48.5 Å². The Morgan fingerprint density at radius 1 is 1.07 bits per heavy atom. The lowest BCUT2D eigenvalue weighted by molar-refractivity contribution is -0.118. The van der Waals surface area contributed by atoms with Crippen molar-refractivity contribution >= 4 is 38.4 Å². The molecule has 29 heavy (non-hydrogen) atoms. The summed E-state index contributed by atoms with van der Waals surface area (Å²) in [5, 5.41) is 9.15. The molecule has 7 heteroatoms. The Balaban J connectivity index is 1.38. The lowest BCUT2D eigenvalue weighted by Crippen LogP contribution is -2.20. The van der Waals surface area contributed by atoms with Gasteiger partial charge in [0.2, 0.25) is 0 Å². The average Bonchev–Trinajstić information content (AvgIpc) is 3.06. The van der Waals surface area contributed by atoms with Gasteiger partial charge < -0.3 is 10.1 Å². The number of hydrogen-bond acceptors (Lipinski definition) is 3. The van der Waals surface area contributed by atoms with Gasteiger partial charge in [-0.25, -0.2) is 4.39 Å². The number of hydrogen-bond donors (Lipinski definition) is 1. The van der Waals surface area contributed by atoms with Crippen LogP contribution in [0.25, 0.3) is 10.8 Å². The van der Waals surface area contributed by atoms with Crippen LogP contribution in [-0.4, -0.2) is 22.3 Å². The summed E-state index contributed by atoms with van der Waals surface area (Å²) in [4.78, 5) is 12.3. The van der Waals surface area contributed by atoms with Gasteiger partial charge in [-0.05, 0) is 44.9 Å². The standard InChI is InChI=1S/C22H17BrFN3O2/c23-19-13-27(12-17-7-3-4-8-20(17)24)26-22(19)25-21(28)14-29-18-10-9-15-5-1-2-6-16(15)11-18/h1-11,13H,12,14H2,(H,25,26,28). The van der Waals surface area contributed by atoms with Gasteiger partial charge in [-0.3, -0.25) is 9.48 Å². The minimum atomic E-state index is -0.338. The van der Waals surface area contributed by atoms with Crippen molar-refractivity contribution in [1.82, 2.24) is 9.78 Å². The van der Waals surface area contributed by atoms with Crippen LogP contribution in [0.4, 0.5) is 10.2 Å². The van der Waals surface area contributed by atoms with Crippen molar-refractivity contribution in [3.8, 4) is 5.75 Å². The molecule has 0 aliphatic carbocycles. The number of nitrogens with zero attached hydrogens (tertiary/aromatic N) is 2. The molecule has 4 aromatic rings. The summed E-state index contributed by atoms with van der Waals surface area (Å²) in [7, 11) is 0. The zero-order chi connectivity index (χ0) is 20.2. The predicted octanol–water partition coefficient (Wildman–Crippen LogP) is 5.00. The van der Waals surface area contributed by atoms with Gasteiger partial charge in [-0.2, -0.15) is 5.10 Å². The van der Waals surface area contributed by atoms with E-state index < -0.39 is 0 Å². The summed E-state index contributed by atoms with van der Waals surface area (Å²) in [6, 6.07) is 20.1. The quantitative estimate of drug-likeness (QED) is 0.446. The molecule has 0 radical (unpaired) electrons. The van der Waals surface area contributed by atoms with Crippen LogP contribution >= 0.6 is 15.9 Å². The molecule has 1 aromatic heterocycles. The lowest BCUT2D eigenvalue weighted by atomic mass is 10.1. The van der Waals surface area contributed by atoms with E-state index in [0.717, 1.165) is 10.8 Å². The van der Waals surface area contributed by atoms with Gasteiger partial charge >= 0.3 is 0 Å². The van der Waals surface area contributed by atoms with E-state index in [4.69, 9.17) is 4.74 Å². The molecule has 0 atom stereocenters. The molecular weight excluding hydrogens is 437 g/mol. The molecule has 5 nitrogen and oxygen atoms in total.